The molecule has 1 aliphatic carbocycles. The monoisotopic (exact) mass is 489 g/mol. The number of fused-ring (bicyclic) bond motifs is 1. The molecule has 0 aromatic heterocycles. The molecular weight excluding hydrogens is 454 g/mol. The molecule has 3 heterocycles. The first-order valence-corrected chi connectivity index (χ1v) is 14.2. The molecule has 186 valence electrons. The van der Waals surface area contributed by atoms with Crippen molar-refractivity contribution in [1.82, 2.24) is 9.62 Å². The summed E-state index contributed by atoms with van der Waals surface area (Å²) in [5, 5.41) is 2.98. The fourth-order valence-corrected chi connectivity index (χ4v) is 7.03. The summed E-state index contributed by atoms with van der Waals surface area (Å²) in [6.45, 7) is 2.67. The summed E-state index contributed by atoms with van der Waals surface area (Å²) >= 11 is 0. The Labute approximate surface area is 202 Å². The van der Waals surface area contributed by atoms with E-state index in [0.29, 0.717) is 39.0 Å². The molecule has 2 saturated heterocycles. The number of nitrogens with zero attached hydrogens (tertiary/aromatic N) is 2. The van der Waals surface area contributed by atoms with Gasteiger partial charge in [0.1, 0.15) is 0 Å². The molecule has 5 rings (SSSR count). The Morgan fingerprint density at radius 1 is 0.971 bits per heavy atom. The van der Waals surface area contributed by atoms with Crippen LogP contribution in [-0.2, 0) is 30.8 Å². The number of hydrogen-bond donors (Lipinski definition) is 1. The Morgan fingerprint density at radius 2 is 1.76 bits per heavy atom. The van der Waals surface area contributed by atoms with Gasteiger partial charge in [0.05, 0.1) is 11.0 Å². The lowest BCUT2D eigenvalue weighted by atomic mass is 9.83. The van der Waals surface area contributed by atoms with Crippen molar-refractivity contribution in [1.29, 1.82) is 0 Å². The van der Waals surface area contributed by atoms with E-state index in [2.05, 4.69) is 5.32 Å². The summed E-state index contributed by atoms with van der Waals surface area (Å²) in [5.41, 5.74) is 1.80. The van der Waals surface area contributed by atoms with Crippen molar-refractivity contribution in [3.8, 4) is 0 Å². The molecule has 3 aliphatic heterocycles. The van der Waals surface area contributed by atoms with Gasteiger partial charge in [0.25, 0.3) is 0 Å². The van der Waals surface area contributed by atoms with Crippen molar-refractivity contribution in [2.24, 2.45) is 11.8 Å². The number of aryl methyl sites for hydroxylation is 1. The Morgan fingerprint density at radius 3 is 2.44 bits per heavy atom. The first kappa shape index (κ1) is 23.8. The third-order valence-electron chi connectivity index (χ3n) is 7.88. The van der Waals surface area contributed by atoms with E-state index in [-0.39, 0.29) is 34.6 Å². The molecule has 3 fully saturated rings. The molecule has 1 atom stereocenters. The van der Waals surface area contributed by atoms with Gasteiger partial charge in [-0.25, -0.2) is 8.42 Å². The number of piperidine rings is 1. The van der Waals surface area contributed by atoms with Gasteiger partial charge in [0, 0.05) is 50.3 Å². The highest BCUT2D eigenvalue weighted by molar-refractivity contribution is 7.89. The summed E-state index contributed by atoms with van der Waals surface area (Å²) in [6, 6.07) is 5.20. The number of carbonyl (C=O) groups excluding carboxylic acids is 2. The van der Waals surface area contributed by atoms with Gasteiger partial charge in [0.2, 0.25) is 21.8 Å². The van der Waals surface area contributed by atoms with Gasteiger partial charge in [0.15, 0.2) is 0 Å². The topological polar surface area (TPSA) is 96.0 Å². The summed E-state index contributed by atoms with van der Waals surface area (Å²) in [6.07, 6.45) is 7.81. The van der Waals surface area contributed by atoms with Gasteiger partial charge < -0.3 is 15.0 Å². The minimum absolute atomic E-state index is 0.00227. The van der Waals surface area contributed by atoms with E-state index in [1.54, 1.807) is 12.1 Å². The lowest BCUT2D eigenvalue weighted by Crippen LogP contribution is -2.44. The van der Waals surface area contributed by atoms with E-state index in [1.165, 1.54) is 4.31 Å². The molecule has 0 bridgehead atoms. The van der Waals surface area contributed by atoms with Crippen molar-refractivity contribution < 1.29 is 22.7 Å². The van der Waals surface area contributed by atoms with Crippen LogP contribution >= 0.6 is 0 Å². The second kappa shape index (κ2) is 9.95. The van der Waals surface area contributed by atoms with Gasteiger partial charge in [-0.1, -0.05) is 6.42 Å². The minimum atomic E-state index is -3.64. The second-order valence-electron chi connectivity index (χ2n) is 10.1. The maximum atomic E-state index is 13.4. The van der Waals surface area contributed by atoms with Gasteiger partial charge in [-0.2, -0.15) is 4.31 Å². The summed E-state index contributed by atoms with van der Waals surface area (Å²) in [5.74, 6) is 0.140. The molecule has 1 unspecified atom stereocenters. The van der Waals surface area contributed by atoms with Crippen LogP contribution in [0.1, 0.15) is 56.9 Å². The summed E-state index contributed by atoms with van der Waals surface area (Å²) in [4.78, 5) is 27.5. The van der Waals surface area contributed by atoms with E-state index in [1.807, 2.05) is 11.0 Å². The van der Waals surface area contributed by atoms with Crippen molar-refractivity contribution in [3.05, 3.63) is 23.8 Å². The highest BCUT2D eigenvalue weighted by Crippen LogP contribution is 2.35. The fourth-order valence-electron chi connectivity index (χ4n) is 5.51. The average molecular weight is 490 g/mol. The molecular formula is C25H35N3O5S. The maximum Gasteiger partial charge on any atom is 0.243 e. The average Bonchev–Trinajstić information content (AvgIpc) is 3.34. The predicted molar refractivity (Wildman–Crippen MR) is 128 cm³/mol. The second-order valence-corrected chi connectivity index (χ2v) is 12.0. The van der Waals surface area contributed by atoms with E-state index < -0.39 is 10.0 Å². The number of hydrogen-bond acceptors (Lipinski definition) is 5. The van der Waals surface area contributed by atoms with E-state index >= 15 is 0 Å². The Balaban J connectivity index is 1.21. The van der Waals surface area contributed by atoms with Crippen LogP contribution in [-0.4, -0.2) is 63.4 Å². The molecule has 2 amide bonds. The minimum Gasteiger partial charge on any atom is -0.376 e. The SMILES string of the molecule is O=C(NCC1CCCO1)C1CCN(S(=O)(=O)c2ccc3c(c2)CCCN3C(=O)C2CCC2)CC1. The van der Waals surface area contributed by atoms with Crippen LogP contribution in [0.25, 0.3) is 0 Å². The predicted octanol–water partition coefficient (Wildman–Crippen LogP) is 2.46. The smallest absolute Gasteiger partial charge is 0.243 e. The number of anilines is 1. The number of nitrogens with one attached hydrogen (secondary N) is 1. The van der Waals surface area contributed by atoms with Crippen LogP contribution in [0.4, 0.5) is 5.69 Å². The molecule has 0 spiro atoms. The van der Waals surface area contributed by atoms with E-state index in [4.69, 9.17) is 4.74 Å². The van der Waals surface area contributed by atoms with Gasteiger partial charge in [-0.15, -0.1) is 0 Å². The standard InChI is InChI=1S/C25H35N3O5S/c29-24(26-17-21-7-3-15-33-21)18-10-13-27(14-11-18)34(31,32)22-8-9-23-20(16-22)6-2-12-28(23)25(30)19-4-1-5-19/h8-9,16,18-19,21H,1-7,10-15,17H2,(H,26,29). The lowest BCUT2D eigenvalue weighted by Gasteiger charge is -2.35. The number of amides is 2. The normalized spacial score (nSPS) is 24.5. The van der Waals surface area contributed by atoms with Crippen LogP contribution in [0.15, 0.2) is 23.1 Å². The number of sulfonamides is 1. The molecule has 0 radical (unpaired) electrons. The van der Waals surface area contributed by atoms with Crippen LogP contribution in [0.2, 0.25) is 0 Å². The van der Waals surface area contributed by atoms with Gasteiger partial charge in [-0.3, -0.25) is 9.59 Å². The first-order valence-electron chi connectivity index (χ1n) is 12.8. The maximum absolute atomic E-state index is 13.4. The van der Waals surface area contributed by atoms with Gasteiger partial charge >= 0.3 is 0 Å². The number of carbonyl (C=O) groups is 2. The van der Waals surface area contributed by atoms with Crippen LogP contribution < -0.4 is 10.2 Å². The molecule has 8 nitrogen and oxygen atoms in total. The molecule has 1 aromatic carbocycles. The molecule has 1 saturated carbocycles. The Kier molecular flexibility index (Phi) is 6.95. The lowest BCUT2D eigenvalue weighted by molar-refractivity contribution is -0.126. The Hall–Kier alpha value is -1.97. The first-order chi connectivity index (χ1) is 16.4. The molecule has 9 heteroatoms. The fraction of sp³-hybridized carbons (Fsp3) is 0.680. The zero-order chi connectivity index (χ0) is 23.7. The van der Waals surface area contributed by atoms with Crippen molar-refractivity contribution in [2.45, 2.75) is 68.8 Å². The van der Waals surface area contributed by atoms with Crippen LogP contribution in [0.3, 0.4) is 0 Å². The van der Waals surface area contributed by atoms with Crippen molar-refractivity contribution in [3.63, 3.8) is 0 Å². The third-order valence-corrected chi connectivity index (χ3v) is 9.78. The third kappa shape index (κ3) is 4.75. The van der Waals surface area contributed by atoms with Crippen molar-refractivity contribution in [2.75, 3.05) is 37.7 Å². The molecule has 1 N–H and O–H groups in total. The van der Waals surface area contributed by atoms with Crippen LogP contribution in [0, 0.1) is 11.8 Å². The van der Waals surface area contributed by atoms with Crippen molar-refractivity contribution >= 4 is 27.5 Å². The summed E-state index contributed by atoms with van der Waals surface area (Å²) < 4.78 is 33.8. The highest BCUT2D eigenvalue weighted by atomic mass is 32.2. The van der Waals surface area contributed by atoms with Crippen LogP contribution in [0.5, 0.6) is 0 Å². The summed E-state index contributed by atoms with van der Waals surface area (Å²) in [7, 11) is -3.64. The molecule has 34 heavy (non-hydrogen) atoms. The van der Waals surface area contributed by atoms with E-state index in [0.717, 1.165) is 62.8 Å². The Bertz CT molecular complexity index is 1020. The number of rotatable bonds is 6. The largest absolute Gasteiger partial charge is 0.376 e. The zero-order valence-electron chi connectivity index (χ0n) is 19.7. The number of benzene rings is 1. The quantitative estimate of drug-likeness (QED) is 0.662. The molecule has 4 aliphatic rings. The van der Waals surface area contributed by atoms with Gasteiger partial charge in [-0.05, 0) is 75.1 Å². The number of ether oxygens (including phenoxy) is 1. The van der Waals surface area contributed by atoms with E-state index in [9.17, 15) is 18.0 Å². The zero-order valence-corrected chi connectivity index (χ0v) is 20.5. The molecule has 1 aromatic rings. The highest BCUT2D eigenvalue weighted by Gasteiger charge is 2.35.